The first kappa shape index (κ1) is 27.1. The quantitative estimate of drug-likeness (QED) is 0.214. The van der Waals surface area contributed by atoms with E-state index in [1.165, 1.54) is 4.57 Å². The number of halogens is 7. The van der Waals surface area contributed by atoms with Crippen LogP contribution in [0.2, 0.25) is 5.15 Å². The van der Waals surface area contributed by atoms with Gasteiger partial charge in [-0.15, -0.1) is 5.10 Å². The van der Waals surface area contributed by atoms with Gasteiger partial charge in [0.25, 0.3) is 5.56 Å². The van der Waals surface area contributed by atoms with E-state index in [-0.39, 0.29) is 23.6 Å². The summed E-state index contributed by atoms with van der Waals surface area (Å²) in [5.41, 5.74) is -2.58. The number of nitrogens with zero attached hydrogens (tertiary/aromatic N) is 5. The van der Waals surface area contributed by atoms with Crippen molar-refractivity contribution in [3.05, 3.63) is 117 Å². The van der Waals surface area contributed by atoms with Crippen LogP contribution in [0.5, 0.6) is 0 Å². The molecule has 0 N–H and O–H groups in total. The molecule has 0 amide bonds. The van der Waals surface area contributed by atoms with Crippen LogP contribution < -0.4 is 5.56 Å². The van der Waals surface area contributed by atoms with E-state index in [1.54, 1.807) is 54.6 Å². The van der Waals surface area contributed by atoms with Gasteiger partial charge < -0.3 is 0 Å². The largest absolute Gasteiger partial charge is 0.416 e. The van der Waals surface area contributed by atoms with Crippen LogP contribution in [-0.4, -0.2) is 24.3 Å². The van der Waals surface area contributed by atoms with E-state index in [9.17, 15) is 31.1 Å². The third kappa shape index (κ3) is 5.48. The van der Waals surface area contributed by atoms with Gasteiger partial charge in [0.1, 0.15) is 6.33 Å². The van der Waals surface area contributed by atoms with Gasteiger partial charge in [-0.25, -0.2) is 9.97 Å². The molecule has 0 aliphatic carbocycles. The van der Waals surface area contributed by atoms with Gasteiger partial charge in [-0.1, -0.05) is 72.3 Å². The Morgan fingerprint density at radius 1 is 0.775 bits per heavy atom. The Bertz CT molecular complexity index is 1700. The molecule has 0 unspecified atom stereocenters. The fraction of sp³-hybridized carbons (Fsp3) is 0.111. The first-order chi connectivity index (χ1) is 18.9. The molecule has 0 atom stereocenters. The lowest BCUT2D eigenvalue weighted by Gasteiger charge is -2.16. The van der Waals surface area contributed by atoms with Gasteiger partial charge in [-0.3, -0.25) is 9.36 Å². The molecular weight excluding hydrogens is 560 g/mol. The third-order valence-corrected chi connectivity index (χ3v) is 6.15. The van der Waals surface area contributed by atoms with Crippen LogP contribution >= 0.6 is 11.6 Å². The van der Waals surface area contributed by atoms with E-state index in [4.69, 9.17) is 11.6 Å². The van der Waals surface area contributed by atoms with Crippen LogP contribution in [0.4, 0.5) is 26.3 Å². The summed E-state index contributed by atoms with van der Waals surface area (Å²) < 4.78 is 82.3. The van der Waals surface area contributed by atoms with Gasteiger partial charge in [-0.2, -0.15) is 31.0 Å². The standard InChI is InChI=1S/C27H16ClF6N5O/c28-22-21(17-9-5-2-6-10-17)38(14-16-7-3-1-4-8-16)25(40)24(36-22)39-15-35-23(37-39)18-11-19(26(29,30)31)13-20(12-18)27(32,33)34/h1-13,15H,14H2. The highest BCUT2D eigenvalue weighted by atomic mass is 35.5. The Morgan fingerprint density at radius 3 is 1.93 bits per heavy atom. The van der Waals surface area contributed by atoms with Crippen molar-refractivity contribution < 1.29 is 26.3 Å². The zero-order valence-corrected chi connectivity index (χ0v) is 20.8. The van der Waals surface area contributed by atoms with Crippen LogP contribution in [0, 0.1) is 0 Å². The Labute approximate surface area is 227 Å². The second kappa shape index (κ2) is 10.3. The molecule has 2 heterocycles. The van der Waals surface area contributed by atoms with Crippen LogP contribution in [0.25, 0.3) is 28.5 Å². The highest BCUT2D eigenvalue weighted by Crippen LogP contribution is 2.38. The minimum absolute atomic E-state index is 0.00633. The van der Waals surface area contributed by atoms with Crippen molar-refractivity contribution in [2.45, 2.75) is 18.9 Å². The fourth-order valence-corrected chi connectivity index (χ4v) is 4.34. The minimum Gasteiger partial charge on any atom is -0.298 e. The average Bonchev–Trinajstić information content (AvgIpc) is 3.41. The van der Waals surface area contributed by atoms with Crippen molar-refractivity contribution in [2.75, 3.05) is 0 Å². The lowest BCUT2D eigenvalue weighted by molar-refractivity contribution is -0.143. The first-order valence-corrected chi connectivity index (χ1v) is 11.9. The molecule has 5 rings (SSSR count). The maximum atomic E-state index is 13.7. The molecule has 0 radical (unpaired) electrons. The Morgan fingerprint density at radius 2 is 1.35 bits per heavy atom. The summed E-state index contributed by atoms with van der Waals surface area (Å²) >= 11 is 6.54. The first-order valence-electron chi connectivity index (χ1n) is 11.5. The smallest absolute Gasteiger partial charge is 0.298 e. The van der Waals surface area contributed by atoms with E-state index >= 15 is 0 Å². The second-order valence-electron chi connectivity index (χ2n) is 8.63. The van der Waals surface area contributed by atoms with Crippen molar-refractivity contribution in [1.29, 1.82) is 0 Å². The molecule has 0 spiro atoms. The molecule has 0 fully saturated rings. The summed E-state index contributed by atoms with van der Waals surface area (Å²) in [6, 6.07) is 18.8. The van der Waals surface area contributed by atoms with Crippen molar-refractivity contribution in [3.63, 3.8) is 0 Å². The topological polar surface area (TPSA) is 65.6 Å². The Kier molecular flexibility index (Phi) is 6.96. The molecule has 6 nitrogen and oxygen atoms in total. The number of aromatic nitrogens is 5. The van der Waals surface area contributed by atoms with Crippen LogP contribution in [0.3, 0.4) is 0 Å². The monoisotopic (exact) mass is 575 g/mol. The number of hydrogen-bond acceptors (Lipinski definition) is 4. The summed E-state index contributed by atoms with van der Waals surface area (Å²) in [5.74, 6) is -0.821. The highest BCUT2D eigenvalue weighted by molar-refractivity contribution is 6.31. The summed E-state index contributed by atoms with van der Waals surface area (Å²) in [7, 11) is 0. The van der Waals surface area contributed by atoms with Crippen molar-refractivity contribution in [1.82, 2.24) is 24.3 Å². The van der Waals surface area contributed by atoms with Crippen LogP contribution in [0.1, 0.15) is 16.7 Å². The predicted molar refractivity (Wildman–Crippen MR) is 135 cm³/mol. The van der Waals surface area contributed by atoms with Gasteiger partial charge in [0.05, 0.1) is 23.4 Å². The lowest BCUT2D eigenvalue weighted by Crippen LogP contribution is -2.28. The molecule has 13 heteroatoms. The minimum atomic E-state index is -5.05. The number of hydrogen-bond donors (Lipinski definition) is 0. The van der Waals surface area contributed by atoms with E-state index in [0.717, 1.165) is 16.6 Å². The maximum absolute atomic E-state index is 13.7. The van der Waals surface area contributed by atoms with E-state index in [1.807, 2.05) is 6.07 Å². The molecule has 0 bridgehead atoms. The number of alkyl halides is 6. The molecule has 3 aromatic carbocycles. The molecule has 0 aliphatic heterocycles. The zero-order chi connectivity index (χ0) is 28.7. The van der Waals surface area contributed by atoms with Gasteiger partial charge in [-0.05, 0) is 23.8 Å². The summed E-state index contributed by atoms with van der Waals surface area (Å²) in [6.45, 7) is 0.0866. The van der Waals surface area contributed by atoms with Crippen molar-refractivity contribution in [2.24, 2.45) is 0 Å². The summed E-state index contributed by atoms with van der Waals surface area (Å²) in [4.78, 5) is 21.7. The van der Waals surface area contributed by atoms with Crippen molar-refractivity contribution >= 4 is 11.6 Å². The normalized spacial score (nSPS) is 12.1. The number of rotatable bonds is 5. The molecule has 0 saturated heterocycles. The second-order valence-corrected chi connectivity index (χ2v) is 8.98. The van der Waals surface area contributed by atoms with Gasteiger partial charge in [0.15, 0.2) is 11.0 Å². The molecule has 40 heavy (non-hydrogen) atoms. The average molecular weight is 576 g/mol. The molecule has 0 aliphatic rings. The Balaban J connectivity index is 1.65. The van der Waals surface area contributed by atoms with Crippen LogP contribution in [-0.2, 0) is 18.9 Å². The maximum Gasteiger partial charge on any atom is 0.416 e. The molecule has 2 aromatic heterocycles. The number of benzene rings is 3. The van der Waals surface area contributed by atoms with Crippen molar-refractivity contribution in [3.8, 4) is 28.5 Å². The molecule has 5 aromatic rings. The van der Waals surface area contributed by atoms with Gasteiger partial charge in [0, 0.05) is 11.1 Å². The van der Waals surface area contributed by atoms with Gasteiger partial charge in [0.2, 0.25) is 5.82 Å². The summed E-state index contributed by atoms with van der Waals surface area (Å²) in [6.07, 6.45) is -9.13. The fourth-order valence-electron chi connectivity index (χ4n) is 4.05. The highest BCUT2D eigenvalue weighted by Gasteiger charge is 2.37. The molecular formula is C27H16ClF6N5O. The van der Waals surface area contributed by atoms with E-state index in [2.05, 4.69) is 15.1 Å². The van der Waals surface area contributed by atoms with E-state index in [0.29, 0.717) is 23.4 Å². The third-order valence-electron chi connectivity index (χ3n) is 5.89. The summed E-state index contributed by atoms with van der Waals surface area (Å²) in [5, 5.41) is 3.91. The van der Waals surface area contributed by atoms with Crippen LogP contribution in [0.15, 0.2) is 90.0 Å². The molecule has 0 saturated carbocycles. The van der Waals surface area contributed by atoms with Gasteiger partial charge >= 0.3 is 12.4 Å². The molecule has 204 valence electrons. The predicted octanol–water partition coefficient (Wildman–Crippen LogP) is 6.90. The van der Waals surface area contributed by atoms with E-state index < -0.39 is 40.4 Å². The SMILES string of the molecule is O=c1c(-n2cnc(-c3cc(C(F)(F)F)cc(C(F)(F)F)c3)n2)nc(Cl)c(-c2ccccc2)n1Cc1ccccc1. The lowest BCUT2D eigenvalue weighted by atomic mass is 10.0. The Hall–Kier alpha value is -4.45. The zero-order valence-electron chi connectivity index (χ0n) is 20.1.